The number of ether oxygens (including phenoxy) is 1. The van der Waals surface area contributed by atoms with E-state index in [1.54, 1.807) is 18.2 Å². The van der Waals surface area contributed by atoms with E-state index in [9.17, 15) is 9.59 Å². The van der Waals surface area contributed by atoms with Crippen molar-refractivity contribution in [2.45, 2.75) is 13.8 Å². The van der Waals surface area contributed by atoms with Gasteiger partial charge in [-0.1, -0.05) is 35.4 Å². The number of hydrogen-bond acceptors (Lipinski definition) is 4. The molecule has 3 rings (SSSR count). The van der Waals surface area contributed by atoms with E-state index < -0.39 is 0 Å². The molecule has 0 aliphatic carbocycles. The molecule has 0 unspecified atom stereocenters. The van der Waals surface area contributed by atoms with Crippen molar-refractivity contribution in [1.82, 2.24) is 4.90 Å². The minimum Gasteiger partial charge on any atom is -0.495 e. The number of benzene rings is 2. The van der Waals surface area contributed by atoms with E-state index in [0.717, 1.165) is 21.6 Å². The van der Waals surface area contributed by atoms with Crippen LogP contribution in [0.15, 0.2) is 42.1 Å². The minimum absolute atomic E-state index is 0.241. The first-order chi connectivity index (χ1) is 12.3. The van der Waals surface area contributed by atoms with Crippen molar-refractivity contribution in [2.24, 2.45) is 0 Å². The number of anilines is 1. The van der Waals surface area contributed by atoms with E-state index >= 15 is 0 Å². The SMILES string of the molecule is COc1ccc(NC2=C(c3ccc(C)cc3C)C(=O)N(C)C2=O)cc1Cl. The monoisotopic (exact) mass is 370 g/mol. The average Bonchev–Trinajstić information content (AvgIpc) is 2.80. The smallest absolute Gasteiger partial charge is 0.277 e. The van der Waals surface area contributed by atoms with Gasteiger partial charge in [0.25, 0.3) is 11.8 Å². The number of hydrogen-bond donors (Lipinski definition) is 1. The van der Waals surface area contributed by atoms with E-state index in [-0.39, 0.29) is 17.5 Å². The van der Waals surface area contributed by atoms with Gasteiger partial charge in [-0.05, 0) is 43.2 Å². The molecule has 26 heavy (non-hydrogen) atoms. The number of halogens is 1. The van der Waals surface area contributed by atoms with Gasteiger partial charge in [-0.3, -0.25) is 14.5 Å². The molecule has 1 aliphatic rings. The molecule has 0 saturated carbocycles. The van der Waals surface area contributed by atoms with E-state index in [1.165, 1.54) is 14.2 Å². The fourth-order valence-electron chi connectivity index (χ4n) is 2.99. The second-order valence-corrected chi connectivity index (χ2v) is 6.62. The molecule has 2 aromatic rings. The number of methoxy groups -OCH3 is 1. The van der Waals surface area contributed by atoms with Gasteiger partial charge >= 0.3 is 0 Å². The van der Waals surface area contributed by atoms with Crippen molar-refractivity contribution in [3.8, 4) is 5.75 Å². The van der Waals surface area contributed by atoms with Crippen LogP contribution in [0, 0.1) is 13.8 Å². The first-order valence-corrected chi connectivity index (χ1v) is 8.46. The molecule has 0 radical (unpaired) electrons. The topological polar surface area (TPSA) is 58.6 Å². The summed E-state index contributed by atoms with van der Waals surface area (Å²) in [7, 11) is 3.01. The van der Waals surface area contributed by atoms with Crippen LogP contribution in [0.5, 0.6) is 5.75 Å². The molecule has 0 bridgehead atoms. The first kappa shape index (κ1) is 18.0. The summed E-state index contributed by atoms with van der Waals surface area (Å²) in [6.07, 6.45) is 0. The van der Waals surface area contributed by atoms with Crippen LogP contribution in [0.2, 0.25) is 5.02 Å². The molecule has 6 heteroatoms. The van der Waals surface area contributed by atoms with Gasteiger partial charge in [-0.2, -0.15) is 0 Å². The lowest BCUT2D eigenvalue weighted by molar-refractivity contribution is -0.135. The number of nitrogens with zero attached hydrogens (tertiary/aromatic N) is 1. The number of aryl methyl sites for hydroxylation is 2. The number of nitrogens with one attached hydrogen (secondary N) is 1. The van der Waals surface area contributed by atoms with E-state index in [4.69, 9.17) is 16.3 Å². The molecule has 2 amide bonds. The lowest BCUT2D eigenvalue weighted by Crippen LogP contribution is -2.28. The Labute approximate surface area is 157 Å². The van der Waals surface area contributed by atoms with Gasteiger partial charge in [0.2, 0.25) is 0 Å². The van der Waals surface area contributed by atoms with Crippen molar-refractivity contribution >= 4 is 34.7 Å². The average molecular weight is 371 g/mol. The number of amides is 2. The zero-order chi connectivity index (χ0) is 19.0. The third-order valence-corrected chi connectivity index (χ3v) is 4.65. The summed E-state index contributed by atoms with van der Waals surface area (Å²) in [6, 6.07) is 10.9. The molecule has 0 saturated heterocycles. The molecule has 1 N–H and O–H groups in total. The normalized spacial score (nSPS) is 14.3. The van der Waals surface area contributed by atoms with E-state index in [2.05, 4.69) is 5.32 Å². The van der Waals surface area contributed by atoms with Crippen molar-refractivity contribution in [2.75, 3.05) is 19.5 Å². The van der Waals surface area contributed by atoms with Gasteiger partial charge in [0, 0.05) is 12.7 Å². The van der Waals surface area contributed by atoms with Crippen LogP contribution >= 0.6 is 11.6 Å². The molecular formula is C20H19ClN2O3. The van der Waals surface area contributed by atoms with Gasteiger partial charge in [0.1, 0.15) is 11.4 Å². The molecule has 1 heterocycles. The summed E-state index contributed by atoms with van der Waals surface area (Å²) >= 11 is 6.16. The summed E-state index contributed by atoms with van der Waals surface area (Å²) in [5, 5.41) is 3.47. The van der Waals surface area contributed by atoms with Crippen LogP contribution in [0.4, 0.5) is 5.69 Å². The molecule has 0 fully saturated rings. The Morgan fingerprint density at radius 3 is 2.38 bits per heavy atom. The molecular weight excluding hydrogens is 352 g/mol. The molecule has 5 nitrogen and oxygen atoms in total. The highest BCUT2D eigenvalue weighted by Gasteiger charge is 2.37. The van der Waals surface area contributed by atoms with Gasteiger partial charge in [-0.25, -0.2) is 0 Å². The minimum atomic E-state index is -0.378. The number of carbonyl (C=O) groups is 2. The molecule has 134 valence electrons. The predicted molar refractivity (Wildman–Crippen MR) is 102 cm³/mol. The van der Waals surface area contributed by atoms with Gasteiger partial charge in [-0.15, -0.1) is 0 Å². The summed E-state index contributed by atoms with van der Waals surface area (Å²) in [5.41, 5.74) is 3.97. The number of carbonyl (C=O) groups excluding carboxylic acids is 2. The molecule has 0 atom stereocenters. The van der Waals surface area contributed by atoms with Crippen molar-refractivity contribution in [3.05, 3.63) is 63.8 Å². The molecule has 0 aromatic heterocycles. The summed E-state index contributed by atoms with van der Waals surface area (Å²) in [6.45, 7) is 3.91. The van der Waals surface area contributed by atoms with Crippen LogP contribution in [0.1, 0.15) is 16.7 Å². The van der Waals surface area contributed by atoms with Crippen LogP contribution in [-0.4, -0.2) is 30.9 Å². The Balaban J connectivity index is 2.10. The maximum atomic E-state index is 12.7. The van der Waals surface area contributed by atoms with Gasteiger partial charge in [0.05, 0.1) is 17.7 Å². The third kappa shape index (κ3) is 3.06. The second kappa shape index (κ2) is 6.84. The summed E-state index contributed by atoms with van der Waals surface area (Å²) in [4.78, 5) is 26.4. The molecule has 2 aromatic carbocycles. The Morgan fingerprint density at radius 1 is 1.04 bits per heavy atom. The first-order valence-electron chi connectivity index (χ1n) is 8.08. The van der Waals surface area contributed by atoms with Crippen molar-refractivity contribution < 1.29 is 14.3 Å². The van der Waals surface area contributed by atoms with Gasteiger partial charge < -0.3 is 10.1 Å². The number of imide groups is 1. The maximum Gasteiger partial charge on any atom is 0.277 e. The Bertz CT molecular complexity index is 950. The highest BCUT2D eigenvalue weighted by Crippen LogP contribution is 2.33. The van der Waals surface area contributed by atoms with E-state index in [1.807, 2.05) is 32.0 Å². The summed E-state index contributed by atoms with van der Waals surface area (Å²) < 4.78 is 5.14. The third-order valence-electron chi connectivity index (χ3n) is 4.36. The Kier molecular flexibility index (Phi) is 4.74. The fourth-order valence-corrected chi connectivity index (χ4v) is 3.25. The van der Waals surface area contributed by atoms with Gasteiger partial charge in [0.15, 0.2) is 0 Å². The van der Waals surface area contributed by atoms with Crippen LogP contribution in [-0.2, 0) is 9.59 Å². The largest absolute Gasteiger partial charge is 0.495 e. The zero-order valence-electron chi connectivity index (χ0n) is 15.0. The van der Waals surface area contributed by atoms with Crippen LogP contribution in [0.25, 0.3) is 5.57 Å². The summed E-state index contributed by atoms with van der Waals surface area (Å²) in [5.74, 6) is -0.173. The Hall–Kier alpha value is -2.79. The zero-order valence-corrected chi connectivity index (χ0v) is 15.8. The lowest BCUT2D eigenvalue weighted by Gasteiger charge is -2.11. The highest BCUT2D eigenvalue weighted by molar-refractivity contribution is 6.36. The number of rotatable bonds is 4. The quantitative estimate of drug-likeness (QED) is 0.832. The maximum absolute atomic E-state index is 12.7. The standard InChI is InChI=1S/C20H19ClN2O3/c1-11-5-7-14(12(2)9-11)17-18(20(25)23(3)19(17)24)22-13-6-8-16(26-4)15(21)10-13/h5-10,22H,1-4H3. The lowest BCUT2D eigenvalue weighted by atomic mass is 9.97. The second-order valence-electron chi connectivity index (χ2n) is 6.21. The van der Waals surface area contributed by atoms with Crippen LogP contribution in [0.3, 0.4) is 0 Å². The predicted octanol–water partition coefficient (Wildman–Crippen LogP) is 3.79. The molecule has 1 aliphatic heterocycles. The fraction of sp³-hybridized carbons (Fsp3) is 0.200. The van der Waals surface area contributed by atoms with Crippen molar-refractivity contribution in [1.29, 1.82) is 0 Å². The van der Waals surface area contributed by atoms with Crippen LogP contribution < -0.4 is 10.1 Å². The number of likely N-dealkylation sites (N-methyl/N-ethyl adjacent to an activating group) is 1. The molecule has 0 spiro atoms. The van der Waals surface area contributed by atoms with E-state index in [0.29, 0.717) is 22.0 Å². The Morgan fingerprint density at radius 2 is 1.77 bits per heavy atom. The highest BCUT2D eigenvalue weighted by atomic mass is 35.5. The van der Waals surface area contributed by atoms with Crippen molar-refractivity contribution in [3.63, 3.8) is 0 Å².